The Morgan fingerprint density at radius 2 is 2.00 bits per heavy atom. The van der Waals surface area contributed by atoms with Gasteiger partial charge in [-0.15, -0.1) is 0 Å². The average Bonchev–Trinajstić information content (AvgIpc) is 2.30. The summed E-state index contributed by atoms with van der Waals surface area (Å²) in [4.78, 5) is 9.89. The van der Waals surface area contributed by atoms with Crippen LogP contribution in [0.4, 0.5) is 5.69 Å². The molecule has 0 radical (unpaired) electrons. The molecule has 1 aromatic carbocycles. The smallest absolute Gasteiger partial charge is 0.380 e. The fraction of sp³-hybridized carbons (Fsp3) is 0.333. The summed E-state index contributed by atoms with van der Waals surface area (Å²) in [6.07, 6.45) is 0.163. The summed E-state index contributed by atoms with van der Waals surface area (Å²) in [6, 6.07) is 5.00. The van der Waals surface area contributed by atoms with Crippen molar-refractivity contribution in [2.75, 3.05) is 12.2 Å². The second kappa shape index (κ2) is 6.00. The van der Waals surface area contributed by atoms with Crippen LogP contribution in [0.3, 0.4) is 0 Å². The van der Waals surface area contributed by atoms with Gasteiger partial charge in [0, 0.05) is 12.1 Å². The van der Waals surface area contributed by atoms with Gasteiger partial charge in [-0.2, -0.15) is 0 Å². The normalized spacial score (nSPS) is 14.0. The van der Waals surface area contributed by atoms with Crippen LogP contribution in [0.2, 0.25) is 0 Å². The van der Waals surface area contributed by atoms with E-state index in [0.717, 1.165) is 0 Å². The lowest BCUT2D eigenvalue weighted by atomic mass is 10.3. The van der Waals surface area contributed by atoms with Crippen LogP contribution in [-0.2, 0) is 9.09 Å². The van der Waals surface area contributed by atoms with Gasteiger partial charge < -0.3 is 4.52 Å². The Kier molecular flexibility index (Phi) is 4.93. The molecule has 0 spiro atoms. The van der Waals surface area contributed by atoms with Crippen molar-refractivity contribution in [1.29, 1.82) is 0 Å². The number of nitrogens with zero attached hydrogens (tertiary/aromatic N) is 1. The van der Waals surface area contributed by atoms with Gasteiger partial charge >= 0.3 is 7.60 Å². The summed E-state index contributed by atoms with van der Waals surface area (Å²) in [5.41, 5.74) is -0.0676. The van der Waals surface area contributed by atoms with E-state index in [1.807, 2.05) is 0 Å². The lowest BCUT2D eigenvalue weighted by Crippen LogP contribution is -1.99. The maximum absolute atomic E-state index is 11.9. The molecular weight excluding hydrogens is 269 g/mol. The van der Waals surface area contributed by atoms with Gasteiger partial charge in [0.25, 0.3) is 5.69 Å². The molecule has 6 nitrogen and oxygen atoms in total. The number of nitro groups is 1. The van der Waals surface area contributed by atoms with Gasteiger partial charge in [-0.05, 0) is 12.1 Å². The topological polar surface area (TPSA) is 78.7 Å². The van der Waals surface area contributed by atoms with Crippen molar-refractivity contribution < 1.29 is 18.5 Å². The molecule has 0 N–H and O–H groups in total. The molecule has 0 saturated heterocycles. The molecule has 1 aromatic rings. The van der Waals surface area contributed by atoms with Gasteiger partial charge in [-0.1, -0.05) is 18.5 Å². The number of alkyl halides is 1. The Morgan fingerprint density at radius 3 is 2.41 bits per heavy atom. The predicted octanol–water partition coefficient (Wildman–Crippen LogP) is 3.40. The van der Waals surface area contributed by atoms with E-state index in [1.165, 1.54) is 24.3 Å². The van der Waals surface area contributed by atoms with Crippen LogP contribution in [-0.4, -0.2) is 17.2 Å². The first kappa shape index (κ1) is 14.0. The molecule has 8 heteroatoms. The minimum atomic E-state index is -3.26. The Bertz CT molecular complexity index is 436. The zero-order valence-electron chi connectivity index (χ0n) is 9.04. The van der Waals surface area contributed by atoms with Crippen LogP contribution in [0.25, 0.3) is 0 Å². The summed E-state index contributed by atoms with van der Waals surface area (Å²) in [5.74, 6) is 0.242. The number of non-ortho nitro benzene ring substituents is 1. The highest BCUT2D eigenvalue weighted by Crippen LogP contribution is 2.48. The van der Waals surface area contributed by atoms with Crippen molar-refractivity contribution in [2.24, 2.45) is 0 Å². The minimum absolute atomic E-state index is 0.0676. The lowest BCUT2D eigenvalue weighted by Gasteiger charge is -2.16. The highest BCUT2D eigenvalue weighted by Gasteiger charge is 2.23. The Hall–Kier alpha value is -1.10. The van der Waals surface area contributed by atoms with Gasteiger partial charge in [0.15, 0.2) is 0 Å². The van der Waals surface area contributed by atoms with Gasteiger partial charge in [0.2, 0.25) is 0 Å². The highest BCUT2D eigenvalue weighted by atomic mass is 35.5. The summed E-state index contributed by atoms with van der Waals surface area (Å²) in [5, 5.41) is 10.4. The van der Waals surface area contributed by atoms with Gasteiger partial charge in [-0.25, -0.2) is 4.57 Å². The molecule has 1 unspecified atom stereocenters. The van der Waals surface area contributed by atoms with E-state index >= 15 is 0 Å². The van der Waals surface area contributed by atoms with Crippen molar-refractivity contribution in [3.8, 4) is 5.75 Å². The van der Waals surface area contributed by atoms with Gasteiger partial charge in [0.1, 0.15) is 11.8 Å². The number of benzene rings is 1. The van der Waals surface area contributed by atoms with Crippen LogP contribution in [0.1, 0.15) is 6.92 Å². The number of nitro benzene ring substituents is 1. The van der Waals surface area contributed by atoms with E-state index in [2.05, 4.69) is 0 Å². The third-order valence-corrected chi connectivity index (χ3v) is 3.97. The van der Waals surface area contributed by atoms with Crippen molar-refractivity contribution in [2.45, 2.75) is 6.92 Å². The molecule has 0 fully saturated rings. The SMILES string of the molecule is CCP(=O)(OCCl)Oc1ccc([N+](=O)[O-])cc1. The highest BCUT2D eigenvalue weighted by molar-refractivity contribution is 7.54. The van der Waals surface area contributed by atoms with Crippen LogP contribution in [0.15, 0.2) is 24.3 Å². The van der Waals surface area contributed by atoms with E-state index in [4.69, 9.17) is 20.6 Å². The first-order chi connectivity index (χ1) is 8.00. The van der Waals surface area contributed by atoms with Crippen molar-refractivity contribution >= 4 is 24.9 Å². The molecule has 0 aliphatic rings. The molecule has 0 heterocycles. The molecule has 0 aliphatic heterocycles. The maximum Gasteiger partial charge on any atom is 0.380 e. The molecule has 0 amide bonds. The zero-order valence-corrected chi connectivity index (χ0v) is 10.7. The van der Waals surface area contributed by atoms with E-state index in [1.54, 1.807) is 6.92 Å². The van der Waals surface area contributed by atoms with Crippen LogP contribution >= 0.6 is 19.2 Å². The second-order valence-corrected chi connectivity index (χ2v) is 5.52. The molecule has 1 atom stereocenters. The van der Waals surface area contributed by atoms with E-state index < -0.39 is 12.5 Å². The molecule has 0 aromatic heterocycles. The molecule has 0 bridgehead atoms. The molecule has 0 aliphatic carbocycles. The standard InChI is InChI=1S/C9H11ClNO5P/c1-2-17(14,15-7-10)16-9-5-3-8(4-6-9)11(12)13/h3-6H,2,7H2,1H3. The maximum atomic E-state index is 11.9. The fourth-order valence-corrected chi connectivity index (χ4v) is 2.45. The zero-order chi connectivity index (χ0) is 12.9. The molecule has 94 valence electrons. The largest absolute Gasteiger partial charge is 0.424 e. The Morgan fingerprint density at radius 1 is 1.41 bits per heavy atom. The van der Waals surface area contributed by atoms with Crippen molar-refractivity contribution in [3.05, 3.63) is 34.4 Å². The van der Waals surface area contributed by atoms with Crippen molar-refractivity contribution in [1.82, 2.24) is 0 Å². The Balaban J connectivity index is 2.81. The monoisotopic (exact) mass is 279 g/mol. The predicted molar refractivity (Wildman–Crippen MR) is 63.7 cm³/mol. The van der Waals surface area contributed by atoms with Gasteiger partial charge in [0.05, 0.1) is 11.1 Å². The number of rotatable bonds is 6. The Labute approximate surface area is 103 Å². The number of halogens is 1. The summed E-state index contributed by atoms with van der Waals surface area (Å²) in [6.45, 7) is 1.64. The van der Waals surface area contributed by atoms with E-state index in [-0.39, 0.29) is 23.7 Å². The quantitative estimate of drug-likeness (QED) is 0.345. The number of hydrogen-bond acceptors (Lipinski definition) is 5. The fourth-order valence-electron chi connectivity index (χ4n) is 1.05. The molecule has 1 rings (SSSR count). The summed E-state index contributed by atoms with van der Waals surface area (Å²) >= 11 is 5.33. The first-order valence-corrected chi connectivity index (χ1v) is 7.00. The van der Waals surface area contributed by atoms with E-state index in [0.29, 0.717) is 0 Å². The van der Waals surface area contributed by atoms with Gasteiger partial charge in [-0.3, -0.25) is 14.6 Å². The summed E-state index contributed by atoms with van der Waals surface area (Å²) in [7, 11) is -3.26. The van der Waals surface area contributed by atoms with Crippen LogP contribution in [0, 0.1) is 10.1 Å². The van der Waals surface area contributed by atoms with Crippen molar-refractivity contribution in [3.63, 3.8) is 0 Å². The first-order valence-electron chi connectivity index (χ1n) is 4.74. The average molecular weight is 280 g/mol. The molecular formula is C9H11ClNO5P. The summed E-state index contributed by atoms with van der Waals surface area (Å²) < 4.78 is 21.9. The second-order valence-electron chi connectivity index (χ2n) is 3.01. The molecule has 17 heavy (non-hydrogen) atoms. The minimum Gasteiger partial charge on any atom is -0.424 e. The molecule has 0 saturated carbocycles. The van der Waals surface area contributed by atoms with Crippen LogP contribution < -0.4 is 4.52 Å². The number of hydrogen-bond donors (Lipinski definition) is 0. The van der Waals surface area contributed by atoms with Crippen LogP contribution in [0.5, 0.6) is 5.75 Å². The van der Waals surface area contributed by atoms with E-state index in [9.17, 15) is 14.7 Å². The third-order valence-electron chi connectivity index (χ3n) is 1.92. The third kappa shape index (κ3) is 4.00. The lowest BCUT2D eigenvalue weighted by molar-refractivity contribution is -0.384.